The number of rotatable bonds is 8. The number of halogens is 12. The van der Waals surface area contributed by atoms with E-state index in [0.717, 1.165) is 26.7 Å². The first-order chi connectivity index (χ1) is 16.3. The monoisotopic (exact) mass is 582 g/mol. The fourth-order valence-electron chi connectivity index (χ4n) is 3.86. The zero-order valence-corrected chi connectivity index (χ0v) is 21.7. The minimum absolute atomic E-state index is 0. The second-order valence-electron chi connectivity index (χ2n) is 9.78. The number of likely N-dealkylation sites (tertiary alicyclic amines) is 2. The van der Waals surface area contributed by atoms with Crippen LogP contribution in [0.3, 0.4) is 0 Å². The second kappa shape index (κ2) is 14.8. The maximum atomic E-state index is 13.8. The molecule has 38 heavy (non-hydrogen) atoms. The van der Waals surface area contributed by atoms with Crippen LogP contribution < -0.4 is 0 Å². The molecule has 2 atom stereocenters. The molecule has 0 amide bonds. The number of nitrogens with zero attached hydrogens (tertiary/aromatic N) is 2. The van der Waals surface area contributed by atoms with E-state index in [0.29, 0.717) is 35.5 Å². The summed E-state index contributed by atoms with van der Waals surface area (Å²) in [5.74, 6) is -8.17. The third-order valence-corrected chi connectivity index (χ3v) is 6.62. The maximum absolute atomic E-state index is 13.8. The van der Waals surface area contributed by atoms with Gasteiger partial charge in [0.15, 0.2) is 0 Å². The van der Waals surface area contributed by atoms with Crippen molar-refractivity contribution in [3.05, 3.63) is 24.3 Å². The summed E-state index contributed by atoms with van der Waals surface area (Å²) in [7, 11) is 0. The molecule has 14 heteroatoms. The Morgan fingerprint density at radius 2 is 0.921 bits per heavy atom. The van der Waals surface area contributed by atoms with Crippen molar-refractivity contribution >= 4 is 0 Å². The van der Waals surface area contributed by atoms with Crippen molar-refractivity contribution in [3.63, 3.8) is 0 Å². The quantitative estimate of drug-likeness (QED) is 0.162. The van der Waals surface area contributed by atoms with E-state index >= 15 is 0 Å². The molecular weight excluding hydrogens is 544 g/mol. The van der Waals surface area contributed by atoms with E-state index in [4.69, 9.17) is 0 Å². The van der Waals surface area contributed by atoms with Crippen LogP contribution in [0.4, 0.5) is 53.3 Å². The van der Waals surface area contributed by atoms with Crippen LogP contribution in [0.15, 0.2) is 24.3 Å². The number of hydrogen-bond acceptors (Lipinski definition) is 2. The average molecular weight is 583 g/mol. The van der Waals surface area contributed by atoms with Crippen molar-refractivity contribution in [2.45, 2.75) is 95.6 Å². The number of allylic oxidation sites excluding steroid dienone is 2. The molecule has 2 fully saturated rings. The minimum Gasteiger partial charge on any atom is -0.269 e. The molecule has 2 unspecified atom stereocenters. The van der Waals surface area contributed by atoms with Gasteiger partial charge in [-0.15, -0.1) is 0 Å². The number of hydrogen-bond donors (Lipinski definition) is 0. The first kappa shape index (κ1) is 38.7. The Bertz CT molecular complexity index is 728. The van der Waals surface area contributed by atoms with Crippen LogP contribution in [0.5, 0.6) is 0 Å². The van der Waals surface area contributed by atoms with Gasteiger partial charge in [-0.3, -0.25) is 9.41 Å². The smallest absolute Gasteiger partial charge is 0.269 e. The molecule has 0 N–H and O–H groups in total. The van der Waals surface area contributed by atoms with E-state index < -0.39 is 47.4 Å². The molecule has 2 heterocycles. The molecule has 0 bridgehead atoms. The van der Waals surface area contributed by atoms with Crippen LogP contribution in [0.1, 0.15) is 59.3 Å². The molecule has 2 aliphatic rings. The van der Waals surface area contributed by atoms with Crippen molar-refractivity contribution in [1.29, 1.82) is 0 Å². The Balaban J connectivity index is 0. The largest absolute Gasteiger partial charge is 0.342 e. The van der Waals surface area contributed by atoms with E-state index in [1.54, 1.807) is 0 Å². The summed E-state index contributed by atoms with van der Waals surface area (Å²) in [5.41, 5.74) is -1.77. The van der Waals surface area contributed by atoms with Gasteiger partial charge in [0.1, 0.15) is 0 Å². The first-order valence-electron chi connectivity index (χ1n) is 11.9. The first-order valence-corrected chi connectivity index (χ1v) is 11.9. The third-order valence-electron chi connectivity index (χ3n) is 6.62. The van der Waals surface area contributed by atoms with Crippen LogP contribution in [-0.2, 0) is 0 Å². The summed E-state index contributed by atoms with van der Waals surface area (Å²) in [6.07, 6.45) is -3.72. The molecule has 2 aliphatic heterocycles. The summed E-state index contributed by atoms with van der Waals surface area (Å²) < 4.78 is 135. The highest BCUT2D eigenvalue weighted by molar-refractivity contribution is 5.11. The molecule has 0 saturated carbocycles. The molecule has 2 rings (SSSR count). The molecule has 2 nitrogen and oxygen atoms in total. The molecule has 0 spiro atoms. The van der Waals surface area contributed by atoms with Gasteiger partial charge in [0.25, 0.3) is 0 Å². The third kappa shape index (κ3) is 9.06. The van der Waals surface area contributed by atoms with Gasteiger partial charge in [0.05, 0.1) is 0 Å². The van der Waals surface area contributed by atoms with Gasteiger partial charge in [0, 0.05) is 26.2 Å². The Labute approximate surface area is 215 Å². The molecule has 228 valence electrons. The molecule has 0 aromatic carbocycles. The highest BCUT2D eigenvalue weighted by atomic mass is 19.3. The van der Waals surface area contributed by atoms with E-state index in [9.17, 15) is 43.9 Å². The highest BCUT2D eigenvalue weighted by Crippen LogP contribution is 2.42. The minimum atomic E-state index is -4.22. The van der Waals surface area contributed by atoms with E-state index in [1.807, 2.05) is 6.92 Å². The summed E-state index contributed by atoms with van der Waals surface area (Å²) in [6, 6.07) is -8.32. The standard InChI is InChI=1S/2C12H18F5N.2FH/c1-8(2)11(14,15)10(13)12(16,17)18-6-4-9(3)5-7-18;1-9(2)11(14,15)10(13)12(16,17)18-7-5-3-4-6-8-18;;/h9-10H,1,4-7H2,2-3H3;10H,1,3-8H2,2H3;2*1H. The predicted molar refractivity (Wildman–Crippen MR) is 124 cm³/mol. The average Bonchev–Trinajstić information content (AvgIpc) is 3.08. The lowest BCUT2D eigenvalue weighted by molar-refractivity contribution is -0.244. The Kier molecular flexibility index (Phi) is 15.1. The summed E-state index contributed by atoms with van der Waals surface area (Å²) in [4.78, 5) is 1.04. The van der Waals surface area contributed by atoms with E-state index in [-0.39, 0.29) is 41.5 Å². The lowest BCUT2D eigenvalue weighted by Gasteiger charge is -2.39. The lowest BCUT2D eigenvalue weighted by Crippen LogP contribution is -2.57. The fourth-order valence-corrected chi connectivity index (χ4v) is 3.86. The predicted octanol–water partition coefficient (Wildman–Crippen LogP) is 8.17. The zero-order valence-electron chi connectivity index (χ0n) is 21.7. The van der Waals surface area contributed by atoms with Crippen molar-refractivity contribution in [2.75, 3.05) is 26.2 Å². The van der Waals surface area contributed by atoms with Crippen LogP contribution in [0.25, 0.3) is 0 Å². The van der Waals surface area contributed by atoms with Gasteiger partial charge in [0.2, 0.25) is 12.3 Å². The number of alkyl halides is 10. The topological polar surface area (TPSA) is 6.48 Å². The second-order valence-corrected chi connectivity index (χ2v) is 9.78. The highest BCUT2D eigenvalue weighted by Gasteiger charge is 2.60. The van der Waals surface area contributed by atoms with Gasteiger partial charge in [-0.2, -0.15) is 35.1 Å². The zero-order chi connectivity index (χ0) is 28.1. The van der Waals surface area contributed by atoms with Gasteiger partial charge >= 0.3 is 23.9 Å². The van der Waals surface area contributed by atoms with Crippen LogP contribution in [0, 0.1) is 5.92 Å². The van der Waals surface area contributed by atoms with E-state index in [1.165, 1.54) is 0 Å². The molecular formula is C24H38F12N2. The fraction of sp³-hybridized carbons (Fsp3) is 0.833. The summed E-state index contributed by atoms with van der Waals surface area (Å²) in [6.45, 7) is 9.11. The lowest BCUT2D eigenvalue weighted by atomic mass is 9.97. The molecule has 2 saturated heterocycles. The molecule has 0 aliphatic carbocycles. The van der Waals surface area contributed by atoms with E-state index in [2.05, 4.69) is 13.2 Å². The Hall–Kier alpha value is -1.44. The van der Waals surface area contributed by atoms with Crippen molar-refractivity contribution < 1.29 is 53.3 Å². The SMILES string of the molecule is C=C(C)C(F)(F)C(F)C(F)(F)N1CCC(C)CC1.C=C(C)C(F)(F)C(F)C(F)(F)N1CCCCCC1.F.F. The van der Waals surface area contributed by atoms with Crippen LogP contribution in [0.2, 0.25) is 0 Å². The maximum Gasteiger partial charge on any atom is 0.342 e. The molecule has 0 aromatic rings. The summed E-state index contributed by atoms with van der Waals surface area (Å²) in [5, 5.41) is 0. The Morgan fingerprint density at radius 3 is 1.21 bits per heavy atom. The number of piperidine rings is 1. The van der Waals surface area contributed by atoms with Crippen molar-refractivity contribution in [2.24, 2.45) is 5.92 Å². The summed E-state index contributed by atoms with van der Waals surface area (Å²) >= 11 is 0. The normalized spacial score (nSPS) is 20.6. The molecule has 0 radical (unpaired) electrons. The Morgan fingerprint density at radius 1 is 0.632 bits per heavy atom. The van der Waals surface area contributed by atoms with Gasteiger partial charge in [-0.1, -0.05) is 32.9 Å². The van der Waals surface area contributed by atoms with Crippen molar-refractivity contribution in [1.82, 2.24) is 9.80 Å². The van der Waals surface area contributed by atoms with Crippen molar-refractivity contribution in [3.8, 4) is 0 Å². The molecule has 0 aromatic heterocycles. The van der Waals surface area contributed by atoms with Crippen LogP contribution in [-0.4, -0.2) is 72.3 Å². The van der Waals surface area contributed by atoms with Crippen LogP contribution >= 0.6 is 0 Å². The van der Waals surface area contributed by atoms with Gasteiger partial charge in [-0.05, 0) is 56.6 Å². The van der Waals surface area contributed by atoms with Gasteiger partial charge < -0.3 is 0 Å². The van der Waals surface area contributed by atoms with Gasteiger partial charge in [-0.25, -0.2) is 18.6 Å².